The summed E-state index contributed by atoms with van der Waals surface area (Å²) in [6.07, 6.45) is 0.342. The molecule has 6 heteroatoms. The van der Waals surface area contributed by atoms with E-state index in [1.807, 2.05) is 0 Å². The molecule has 0 unspecified atom stereocenters. The Balaban J connectivity index is 2.41. The quantitative estimate of drug-likeness (QED) is 0.883. The molecule has 1 aromatic heterocycles. The number of benzene rings is 1. The van der Waals surface area contributed by atoms with Crippen molar-refractivity contribution in [3.63, 3.8) is 0 Å². The Hall–Kier alpha value is -1.82. The van der Waals surface area contributed by atoms with Crippen molar-refractivity contribution in [1.82, 2.24) is 10.2 Å². The Morgan fingerprint density at radius 3 is 2.50 bits per heavy atom. The fourth-order valence-electron chi connectivity index (χ4n) is 1.68. The summed E-state index contributed by atoms with van der Waals surface area (Å²) in [4.78, 5) is 0. The maximum Gasteiger partial charge on any atom is 0.279 e. The number of aliphatic hydroxyl groups is 1. The van der Waals surface area contributed by atoms with Gasteiger partial charge in [0.15, 0.2) is 0 Å². The normalized spacial score (nSPS) is 11.8. The summed E-state index contributed by atoms with van der Waals surface area (Å²) < 4.78 is 40.2. The summed E-state index contributed by atoms with van der Waals surface area (Å²) >= 11 is 0. The molecule has 1 heterocycles. The average molecular weight is 256 g/mol. The molecule has 96 valence electrons. The fourth-order valence-corrected chi connectivity index (χ4v) is 1.68. The standard InChI is InChI=1S/C12H11F3N2O/c13-9-3-1-8(2-4-9)11-10(7-16-17-11)12(14,15)5-6-18/h1-4,7,18H,5-6H2,(H,16,17). The monoisotopic (exact) mass is 256 g/mol. The molecule has 0 atom stereocenters. The molecule has 0 bridgehead atoms. The van der Waals surface area contributed by atoms with Crippen molar-refractivity contribution in [2.45, 2.75) is 12.3 Å². The van der Waals surface area contributed by atoms with Crippen molar-refractivity contribution in [1.29, 1.82) is 0 Å². The van der Waals surface area contributed by atoms with E-state index in [2.05, 4.69) is 10.2 Å². The number of aromatic amines is 1. The van der Waals surface area contributed by atoms with Crippen molar-refractivity contribution in [2.75, 3.05) is 6.61 Å². The van der Waals surface area contributed by atoms with Crippen molar-refractivity contribution >= 4 is 0 Å². The van der Waals surface area contributed by atoms with Gasteiger partial charge >= 0.3 is 0 Å². The van der Waals surface area contributed by atoms with E-state index in [1.165, 1.54) is 24.3 Å². The third-order valence-corrected chi connectivity index (χ3v) is 2.59. The number of aromatic nitrogens is 2. The lowest BCUT2D eigenvalue weighted by atomic mass is 10.0. The molecule has 2 N–H and O–H groups in total. The lowest BCUT2D eigenvalue weighted by molar-refractivity contribution is -0.0263. The van der Waals surface area contributed by atoms with Gasteiger partial charge in [0.05, 0.1) is 17.5 Å². The Morgan fingerprint density at radius 2 is 1.89 bits per heavy atom. The van der Waals surface area contributed by atoms with Crippen LogP contribution in [-0.4, -0.2) is 21.9 Å². The molecule has 0 radical (unpaired) electrons. The van der Waals surface area contributed by atoms with Gasteiger partial charge in [0, 0.05) is 18.6 Å². The number of nitrogens with zero attached hydrogens (tertiary/aromatic N) is 1. The Labute approximate surface area is 101 Å². The third kappa shape index (κ3) is 2.38. The molecule has 18 heavy (non-hydrogen) atoms. The molecule has 0 spiro atoms. The molecule has 3 nitrogen and oxygen atoms in total. The van der Waals surface area contributed by atoms with Gasteiger partial charge in [-0.05, 0) is 24.3 Å². The number of alkyl halides is 2. The largest absolute Gasteiger partial charge is 0.396 e. The molecule has 0 saturated heterocycles. The molecule has 2 rings (SSSR count). The third-order valence-electron chi connectivity index (χ3n) is 2.59. The smallest absolute Gasteiger partial charge is 0.279 e. The van der Waals surface area contributed by atoms with Crippen LogP contribution in [0.15, 0.2) is 30.5 Å². The van der Waals surface area contributed by atoms with Crippen LogP contribution in [-0.2, 0) is 5.92 Å². The van der Waals surface area contributed by atoms with Crippen LogP contribution in [0.25, 0.3) is 11.3 Å². The van der Waals surface area contributed by atoms with E-state index in [-0.39, 0.29) is 11.3 Å². The number of halogens is 3. The molecule has 0 aliphatic carbocycles. The topological polar surface area (TPSA) is 48.9 Å². The first-order chi connectivity index (χ1) is 8.54. The minimum Gasteiger partial charge on any atom is -0.396 e. The first-order valence-corrected chi connectivity index (χ1v) is 5.33. The summed E-state index contributed by atoms with van der Waals surface area (Å²) in [5.74, 6) is -3.62. The Kier molecular flexibility index (Phi) is 3.38. The fraction of sp³-hybridized carbons (Fsp3) is 0.250. The molecule has 0 saturated carbocycles. The molecular formula is C12H11F3N2O. The predicted octanol–water partition coefficient (Wildman–Crippen LogP) is 2.69. The molecule has 0 fully saturated rings. The second kappa shape index (κ2) is 4.81. The highest BCUT2D eigenvalue weighted by atomic mass is 19.3. The first kappa shape index (κ1) is 12.6. The number of nitrogens with one attached hydrogen (secondary N) is 1. The average Bonchev–Trinajstić information content (AvgIpc) is 2.79. The van der Waals surface area contributed by atoms with E-state index in [1.54, 1.807) is 0 Å². The molecular weight excluding hydrogens is 245 g/mol. The van der Waals surface area contributed by atoms with Gasteiger partial charge in [-0.25, -0.2) is 13.2 Å². The number of hydrogen-bond donors (Lipinski definition) is 2. The van der Waals surface area contributed by atoms with Crippen molar-refractivity contribution in [2.24, 2.45) is 0 Å². The maximum atomic E-state index is 13.7. The zero-order valence-corrected chi connectivity index (χ0v) is 9.33. The van der Waals surface area contributed by atoms with Gasteiger partial charge in [-0.3, -0.25) is 5.10 Å². The van der Waals surface area contributed by atoms with Crippen LogP contribution in [0.4, 0.5) is 13.2 Å². The highest BCUT2D eigenvalue weighted by Crippen LogP contribution is 2.36. The zero-order chi connectivity index (χ0) is 13.2. The summed E-state index contributed by atoms with van der Waals surface area (Å²) in [5, 5.41) is 14.7. The Bertz CT molecular complexity index is 522. The minimum absolute atomic E-state index is 0.133. The summed E-state index contributed by atoms with van der Waals surface area (Å²) in [6, 6.07) is 5.15. The van der Waals surface area contributed by atoms with Crippen LogP contribution in [0.1, 0.15) is 12.0 Å². The minimum atomic E-state index is -3.18. The van der Waals surface area contributed by atoms with Crippen LogP contribution >= 0.6 is 0 Å². The van der Waals surface area contributed by atoms with Gasteiger partial charge < -0.3 is 5.11 Å². The molecule has 1 aromatic carbocycles. The summed E-state index contributed by atoms with van der Waals surface area (Å²) in [5.41, 5.74) is 0.248. The van der Waals surface area contributed by atoms with Gasteiger partial charge in [-0.1, -0.05) is 0 Å². The number of rotatable bonds is 4. The van der Waals surface area contributed by atoms with E-state index in [4.69, 9.17) is 5.11 Å². The van der Waals surface area contributed by atoms with E-state index in [0.29, 0.717) is 5.56 Å². The zero-order valence-electron chi connectivity index (χ0n) is 9.33. The van der Waals surface area contributed by atoms with Gasteiger partial charge in [-0.2, -0.15) is 5.10 Å². The summed E-state index contributed by atoms with van der Waals surface area (Å²) in [7, 11) is 0. The van der Waals surface area contributed by atoms with Gasteiger partial charge in [0.1, 0.15) is 5.82 Å². The lowest BCUT2D eigenvalue weighted by Crippen LogP contribution is -2.15. The second-order valence-electron chi connectivity index (χ2n) is 3.84. The highest BCUT2D eigenvalue weighted by Gasteiger charge is 2.35. The van der Waals surface area contributed by atoms with Gasteiger partial charge in [0.25, 0.3) is 5.92 Å². The second-order valence-corrected chi connectivity index (χ2v) is 3.84. The number of H-pyrrole nitrogens is 1. The van der Waals surface area contributed by atoms with Crippen LogP contribution < -0.4 is 0 Å². The number of hydrogen-bond acceptors (Lipinski definition) is 2. The van der Waals surface area contributed by atoms with Crippen molar-refractivity contribution in [3.8, 4) is 11.3 Å². The molecule has 0 aliphatic rings. The van der Waals surface area contributed by atoms with Gasteiger partial charge in [-0.15, -0.1) is 0 Å². The Morgan fingerprint density at radius 1 is 1.22 bits per heavy atom. The highest BCUT2D eigenvalue weighted by molar-refractivity contribution is 5.63. The first-order valence-electron chi connectivity index (χ1n) is 5.33. The SMILES string of the molecule is OCCC(F)(F)c1cn[nH]c1-c1ccc(F)cc1. The van der Waals surface area contributed by atoms with E-state index >= 15 is 0 Å². The van der Waals surface area contributed by atoms with Crippen LogP contribution in [0, 0.1) is 5.82 Å². The predicted molar refractivity (Wildman–Crippen MR) is 59.6 cm³/mol. The molecule has 0 amide bonds. The van der Waals surface area contributed by atoms with E-state index in [0.717, 1.165) is 6.20 Å². The van der Waals surface area contributed by atoms with Crippen LogP contribution in [0.2, 0.25) is 0 Å². The van der Waals surface area contributed by atoms with Crippen LogP contribution in [0.3, 0.4) is 0 Å². The lowest BCUT2D eigenvalue weighted by Gasteiger charge is -2.15. The van der Waals surface area contributed by atoms with E-state index < -0.39 is 24.8 Å². The summed E-state index contributed by atoms with van der Waals surface area (Å²) in [6.45, 7) is -0.624. The number of aliphatic hydroxyl groups excluding tert-OH is 1. The maximum absolute atomic E-state index is 13.7. The van der Waals surface area contributed by atoms with E-state index in [9.17, 15) is 13.2 Å². The van der Waals surface area contributed by atoms with Gasteiger partial charge in [0.2, 0.25) is 0 Å². The molecule has 2 aromatic rings. The molecule has 0 aliphatic heterocycles. The van der Waals surface area contributed by atoms with Crippen molar-refractivity contribution in [3.05, 3.63) is 41.8 Å². The van der Waals surface area contributed by atoms with Crippen molar-refractivity contribution < 1.29 is 18.3 Å². The van der Waals surface area contributed by atoms with Crippen LogP contribution in [0.5, 0.6) is 0 Å².